The first-order chi connectivity index (χ1) is 12.8. The van der Waals surface area contributed by atoms with Gasteiger partial charge < -0.3 is 10.6 Å². The molecule has 27 heavy (non-hydrogen) atoms. The van der Waals surface area contributed by atoms with Crippen LogP contribution in [0, 0.1) is 25.5 Å². The molecule has 0 aliphatic carbocycles. The van der Waals surface area contributed by atoms with E-state index in [1.807, 2.05) is 6.92 Å². The lowest BCUT2D eigenvalue weighted by molar-refractivity contribution is 0.102. The van der Waals surface area contributed by atoms with Gasteiger partial charge in [0.05, 0.1) is 0 Å². The van der Waals surface area contributed by atoms with E-state index < -0.39 is 17.5 Å². The molecule has 1 amide bonds. The lowest BCUT2D eigenvalue weighted by Gasteiger charge is -2.11. The highest BCUT2D eigenvalue weighted by atomic mass is 35.5. The van der Waals surface area contributed by atoms with Crippen LogP contribution >= 0.6 is 11.6 Å². The molecule has 1 heterocycles. The van der Waals surface area contributed by atoms with Crippen LogP contribution in [0.4, 0.5) is 26.0 Å². The smallest absolute Gasteiger partial charge is 0.274 e. The topological polar surface area (TPSA) is 66.9 Å². The Bertz CT molecular complexity index is 1010. The molecular weight excluding hydrogens is 374 g/mol. The summed E-state index contributed by atoms with van der Waals surface area (Å²) in [6.45, 7) is 3.42. The minimum Gasteiger partial charge on any atom is -0.335 e. The highest BCUT2D eigenvalue weighted by Crippen LogP contribution is 2.23. The zero-order valence-electron chi connectivity index (χ0n) is 14.5. The number of nitrogens with zero attached hydrogens (tertiary/aromatic N) is 2. The molecule has 8 heteroatoms. The number of rotatable bonds is 4. The first-order valence-corrected chi connectivity index (χ1v) is 8.35. The maximum Gasteiger partial charge on any atom is 0.274 e. The van der Waals surface area contributed by atoms with Crippen LogP contribution in [0.3, 0.4) is 0 Å². The first-order valence-electron chi connectivity index (χ1n) is 7.97. The Hall–Kier alpha value is -3.06. The van der Waals surface area contributed by atoms with Crippen molar-refractivity contribution in [2.75, 3.05) is 10.6 Å². The summed E-state index contributed by atoms with van der Waals surface area (Å²) in [5, 5.41) is 5.75. The number of amides is 1. The van der Waals surface area contributed by atoms with E-state index in [-0.39, 0.29) is 23.0 Å². The molecule has 0 spiro atoms. The van der Waals surface area contributed by atoms with Crippen molar-refractivity contribution in [3.8, 4) is 0 Å². The number of hydrogen-bond donors (Lipinski definition) is 2. The number of hydrogen-bond acceptors (Lipinski definition) is 4. The fourth-order valence-corrected chi connectivity index (χ4v) is 2.54. The van der Waals surface area contributed by atoms with Crippen LogP contribution in [0.15, 0.2) is 42.5 Å². The molecule has 5 nitrogen and oxygen atoms in total. The predicted molar refractivity (Wildman–Crippen MR) is 101 cm³/mol. The van der Waals surface area contributed by atoms with Crippen LogP contribution in [0.1, 0.15) is 21.9 Å². The van der Waals surface area contributed by atoms with Gasteiger partial charge in [0, 0.05) is 16.8 Å². The quantitative estimate of drug-likeness (QED) is 0.658. The molecule has 0 saturated carbocycles. The molecule has 3 rings (SSSR count). The second-order valence-electron chi connectivity index (χ2n) is 5.83. The second-order valence-corrected chi connectivity index (χ2v) is 6.23. The van der Waals surface area contributed by atoms with Crippen LogP contribution in [0.25, 0.3) is 0 Å². The van der Waals surface area contributed by atoms with Crippen LogP contribution in [-0.4, -0.2) is 15.9 Å². The maximum absolute atomic E-state index is 13.8. The van der Waals surface area contributed by atoms with Gasteiger partial charge in [-0.1, -0.05) is 23.7 Å². The molecule has 0 radical (unpaired) electrons. The zero-order chi connectivity index (χ0) is 19.6. The van der Waals surface area contributed by atoms with E-state index in [2.05, 4.69) is 20.6 Å². The summed E-state index contributed by atoms with van der Waals surface area (Å²) in [6, 6.07) is 9.91. The van der Waals surface area contributed by atoms with Gasteiger partial charge >= 0.3 is 0 Å². The van der Waals surface area contributed by atoms with Crippen LogP contribution in [0.2, 0.25) is 5.02 Å². The third-order valence-corrected chi connectivity index (χ3v) is 4.12. The van der Waals surface area contributed by atoms with Crippen molar-refractivity contribution in [2.24, 2.45) is 0 Å². The fourth-order valence-electron chi connectivity index (χ4n) is 2.36. The van der Waals surface area contributed by atoms with Gasteiger partial charge in [-0.3, -0.25) is 4.79 Å². The normalized spacial score (nSPS) is 10.6. The van der Waals surface area contributed by atoms with Gasteiger partial charge in [0.1, 0.15) is 34.7 Å². The average Bonchev–Trinajstić information content (AvgIpc) is 2.61. The molecule has 138 valence electrons. The Morgan fingerprint density at radius 2 is 1.74 bits per heavy atom. The summed E-state index contributed by atoms with van der Waals surface area (Å²) in [6.07, 6.45) is 0. The zero-order valence-corrected chi connectivity index (χ0v) is 15.2. The Morgan fingerprint density at radius 3 is 2.41 bits per heavy atom. The van der Waals surface area contributed by atoms with Gasteiger partial charge in [0.15, 0.2) is 0 Å². The number of aryl methyl sites for hydroxylation is 2. The van der Waals surface area contributed by atoms with Gasteiger partial charge in [0.25, 0.3) is 5.91 Å². The Morgan fingerprint density at radius 1 is 1.04 bits per heavy atom. The molecule has 0 fully saturated rings. The largest absolute Gasteiger partial charge is 0.335 e. The Balaban J connectivity index is 1.86. The second kappa shape index (κ2) is 7.67. The number of benzene rings is 2. The van der Waals surface area contributed by atoms with E-state index in [1.165, 1.54) is 12.1 Å². The lowest BCUT2D eigenvalue weighted by atomic mass is 10.2. The lowest BCUT2D eigenvalue weighted by Crippen LogP contribution is -2.15. The first kappa shape index (κ1) is 18.7. The third-order valence-electron chi connectivity index (χ3n) is 3.72. The van der Waals surface area contributed by atoms with Crippen LogP contribution in [0.5, 0.6) is 0 Å². The highest BCUT2D eigenvalue weighted by Gasteiger charge is 2.14. The molecule has 0 saturated heterocycles. The van der Waals surface area contributed by atoms with Gasteiger partial charge in [-0.2, -0.15) is 0 Å². The van der Waals surface area contributed by atoms with Crippen molar-refractivity contribution < 1.29 is 13.6 Å². The van der Waals surface area contributed by atoms with E-state index in [4.69, 9.17) is 11.6 Å². The molecule has 3 aromatic rings. The van der Waals surface area contributed by atoms with Gasteiger partial charge in [-0.25, -0.2) is 18.7 Å². The van der Waals surface area contributed by atoms with Crippen molar-refractivity contribution in [3.63, 3.8) is 0 Å². The van der Waals surface area contributed by atoms with Crippen molar-refractivity contribution in [2.45, 2.75) is 13.8 Å². The number of carbonyl (C=O) groups excluding carboxylic acids is 1. The van der Waals surface area contributed by atoms with Crippen molar-refractivity contribution >= 4 is 34.7 Å². The molecule has 0 bridgehead atoms. The van der Waals surface area contributed by atoms with E-state index >= 15 is 0 Å². The summed E-state index contributed by atoms with van der Waals surface area (Å²) in [7, 11) is 0. The number of anilines is 3. The molecule has 1 aromatic heterocycles. The van der Waals surface area contributed by atoms with E-state index in [1.54, 1.807) is 25.1 Å². The Labute approximate surface area is 159 Å². The number of nitrogens with one attached hydrogen (secondary N) is 2. The number of carbonyl (C=O) groups is 1. The van der Waals surface area contributed by atoms with E-state index in [0.717, 1.165) is 17.7 Å². The van der Waals surface area contributed by atoms with Gasteiger partial charge in [0.2, 0.25) is 0 Å². The summed E-state index contributed by atoms with van der Waals surface area (Å²) >= 11 is 6.06. The summed E-state index contributed by atoms with van der Waals surface area (Å²) < 4.78 is 27.6. The number of halogens is 3. The van der Waals surface area contributed by atoms with E-state index in [0.29, 0.717) is 10.7 Å². The molecule has 0 atom stereocenters. The molecule has 2 aromatic carbocycles. The van der Waals surface area contributed by atoms with Crippen LogP contribution < -0.4 is 10.6 Å². The van der Waals surface area contributed by atoms with Crippen molar-refractivity contribution in [1.82, 2.24) is 9.97 Å². The number of aromatic nitrogens is 2. The average molecular weight is 389 g/mol. The van der Waals surface area contributed by atoms with Gasteiger partial charge in [-0.15, -0.1) is 0 Å². The molecular formula is C19H15ClF2N4O. The van der Waals surface area contributed by atoms with Gasteiger partial charge in [-0.05, 0) is 43.7 Å². The summed E-state index contributed by atoms with van der Waals surface area (Å²) in [5.74, 6) is -1.68. The molecule has 0 unspecified atom stereocenters. The molecule has 0 aliphatic heterocycles. The standard InChI is InChI=1S/C19H15ClF2N4O/c1-10-6-7-12(8-13(10)20)25-19(27)16-9-17(24-11(2)23-16)26-18-14(21)4-3-5-15(18)22/h3-9H,1-2H3,(H,25,27)(H,23,24,26). The summed E-state index contributed by atoms with van der Waals surface area (Å²) in [5.41, 5.74) is 1.07. The third kappa shape index (κ3) is 4.38. The van der Waals surface area contributed by atoms with Crippen molar-refractivity contribution in [1.29, 1.82) is 0 Å². The molecule has 2 N–H and O–H groups in total. The minimum atomic E-state index is -0.772. The Kier molecular flexibility index (Phi) is 5.32. The fraction of sp³-hybridized carbons (Fsp3) is 0.105. The maximum atomic E-state index is 13.8. The molecule has 0 aliphatic rings. The SMILES string of the molecule is Cc1nc(Nc2c(F)cccc2F)cc(C(=O)Nc2ccc(C)c(Cl)c2)n1. The monoisotopic (exact) mass is 388 g/mol. The minimum absolute atomic E-state index is 0.0402. The number of para-hydroxylation sites is 1. The summed E-state index contributed by atoms with van der Waals surface area (Å²) in [4.78, 5) is 20.6. The predicted octanol–water partition coefficient (Wildman–Crippen LogP) is 5.02. The highest BCUT2D eigenvalue weighted by molar-refractivity contribution is 6.31. The van der Waals surface area contributed by atoms with E-state index in [9.17, 15) is 13.6 Å². The van der Waals surface area contributed by atoms with Crippen molar-refractivity contribution in [3.05, 3.63) is 76.2 Å². The van der Waals surface area contributed by atoms with Crippen LogP contribution in [-0.2, 0) is 0 Å².